The van der Waals surface area contributed by atoms with E-state index >= 15 is 0 Å². The smallest absolute Gasteiger partial charge is 0.223 e. The van der Waals surface area contributed by atoms with Gasteiger partial charge in [0.25, 0.3) is 0 Å². The largest absolute Gasteiger partial charge is 0.355 e. The molecule has 1 heterocycles. The van der Waals surface area contributed by atoms with Crippen molar-refractivity contribution in [1.82, 2.24) is 15.1 Å². The van der Waals surface area contributed by atoms with Gasteiger partial charge in [0.15, 0.2) is 0 Å². The van der Waals surface area contributed by atoms with Crippen LogP contribution in [0.25, 0.3) is 0 Å². The molecule has 0 bridgehead atoms. The number of nitrogens with zero attached hydrogens (tertiary/aromatic N) is 2. The summed E-state index contributed by atoms with van der Waals surface area (Å²) in [7, 11) is 2.11. The van der Waals surface area contributed by atoms with Gasteiger partial charge in [-0.1, -0.05) is 46.3 Å². The van der Waals surface area contributed by atoms with Crippen molar-refractivity contribution in [3.8, 4) is 0 Å². The van der Waals surface area contributed by atoms with Gasteiger partial charge >= 0.3 is 0 Å². The van der Waals surface area contributed by atoms with Gasteiger partial charge in [-0.25, -0.2) is 0 Å². The standard InChI is InChI=1S/C24H43N3O2/c1-17(2)21-13-19(14-23(29)27-10-8-26(7)9-11-27)18(3)12-20(21)16-25-22(28)15-24(4,5)6/h12,17,19-21H,8-11,13-16H2,1-7H3,(H,25,28)/t19-,20-,21-/m0/s1. The zero-order chi connectivity index (χ0) is 21.8. The molecule has 29 heavy (non-hydrogen) atoms. The minimum Gasteiger partial charge on any atom is -0.355 e. The van der Waals surface area contributed by atoms with Crippen LogP contribution < -0.4 is 5.32 Å². The van der Waals surface area contributed by atoms with Crippen LogP contribution in [0.3, 0.4) is 0 Å². The topological polar surface area (TPSA) is 52.7 Å². The van der Waals surface area contributed by atoms with E-state index < -0.39 is 0 Å². The van der Waals surface area contributed by atoms with Gasteiger partial charge in [0.05, 0.1) is 0 Å². The number of hydrogen-bond donors (Lipinski definition) is 1. The van der Waals surface area contributed by atoms with Crippen molar-refractivity contribution < 1.29 is 9.59 Å². The monoisotopic (exact) mass is 405 g/mol. The number of hydrogen-bond acceptors (Lipinski definition) is 3. The highest BCUT2D eigenvalue weighted by atomic mass is 16.2. The maximum atomic E-state index is 12.8. The second-order valence-corrected chi connectivity index (χ2v) is 10.8. The second-order valence-electron chi connectivity index (χ2n) is 10.8. The Bertz CT molecular complexity index is 598. The molecule has 166 valence electrons. The van der Waals surface area contributed by atoms with Crippen LogP contribution in [0.2, 0.25) is 0 Å². The zero-order valence-electron chi connectivity index (χ0n) is 19.8. The first-order valence-electron chi connectivity index (χ1n) is 11.4. The molecule has 1 aliphatic heterocycles. The molecule has 0 aromatic carbocycles. The molecule has 0 radical (unpaired) electrons. The van der Waals surface area contributed by atoms with Crippen molar-refractivity contribution in [1.29, 1.82) is 0 Å². The Morgan fingerprint density at radius 3 is 2.34 bits per heavy atom. The summed E-state index contributed by atoms with van der Waals surface area (Å²) in [5, 5.41) is 3.16. The predicted molar refractivity (Wildman–Crippen MR) is 119 cm³/mol. The lowest BCUT2D eigenvalue weighted by atomic mass is 9.69. The minimum atomic E-state index is 0.00850. The molecule has 1 saturated heterocycles. The zero-order valence-corrected chi connectivity index (χ0v) is 19.8. The van der Waals surface area contributed by atoms with E-state index in [4.69, 9.17) is 0 Å². The van der Waals surface area contributed by atoms with Crippen molar-refractivity contribution in [2.24, 2.45) is 29.1 Å². The first-order valence-corrected chi connectivity index (χ1v) is 11.4. The van der Waals surface area contributed by atoms with Crippen LogP contribution >= 0.6 is 0 Å². The van der Waals surface area contributed by atoms with Crippen LogP contribution in [0.15, 0.2) is 11.6 Å². The van der Waals surface area contributed by atoms with Crippen LogP contribution in [-0.2, 0) is 9.59 Å². The third-order valence-corrected chi connectivity index (χ3v) is 6.59. The molecule has 2 amide bonds. The Hall–Kier alpha value is -1.36. The van der Waals surface area contributed by atoms with Crippen molar-refractivity contribution in [2.45, 2.75) is 60.8 Å². The lowest BCUT2D eigenvalue weighted by molar-refractivity contribution is -0.133. The Morgan fingerprint density at radius 1 is 1.17 bits per heavy atom. The molecule has 5 heteroatoms. The molecule has 0 saturated carbocycles. The van der Waals surface area contributed by atoms with Crippen molar-refractivity contribution in [3.05, 3.63) is 11.6 Å². The summed E-state index contributed by atoms with van der Waals surface area (Å²) in [6, 6.07) is 0. The fourth-order valence-electron chi connectivity index (χ4n) is 4.68. The summed E-state index contributed by atoms with van der Waals surface area (Å²) in [6.45, 7) is 17.3. The molecule has 0 unspecified atom stereocenters. The van der Waals surface area contributed by atoms with E-state index in [0.717, 1.165) is 32.6 Å². The first-order chi connectivity index (χ1) is 13.5. The summed E-state index contributed by atoms with van der Waals surface area (Å²) in [4.78, 5) is 29.4. The molecular weight excluding hydrogens is 362 g/mol. The van der Waals surface area contributed by atoms with Gasteiger partial charge < -0.3 is 15.1 Å². The number of amides is 2. The van der Waals surface area contributed by atoms with Gasteiger partial charge in [0.1, 0.15) is 0 Å². The van der Waals surface area contributed by atoms with E-state index in [9.17, 15) is 9.59 Å². The number of carbonyl (C=O) groups is 2. The highest BCUT2D eigenvalue weighted by molar-refractivity contribution is 5.77. The molecule has 1 aliphatic carbocycles. The maximum absolute atomic E-state index is 12.8. The van der Waals surface area contributed by atoms with Gasteiger partial charge in [-0.15, -0.1) is 0 Å². The highest BCUT2D eigenvalue weighted by Crippen LogP contribution is 2.39. The number of likely N-dealkylation sites (N-methyl/N-ethyl adjacent to an activating group) is 1. The number of allylic oxidation sites excluding steroid dienone is 1. The third kappa shape index (κ3) is 7.44. The molecule has 2 aliphatic rings. The van der Waals surface area contributed by atoms with E-state index in [2.05, 4.69) is 64.9 Å². The Morgan fingerprint density at radius 2 is 1.79 bits per heavy atom. The van der Waals surface area contributed by atoms with E-state index in [1.165, 1.54) is 5.57 Å². The SMILES string of the molecule is CC1=C[C@@H](CNC(=O)CC(C)(C)C)[C@H](C(C)C)C[C@H]1CC(=O)N1CCN(C)CC1. The fourth-order valence-corrected chi connectivity index (χ4v) is 4.68. The van der Waals surface area contributed by atoms with Gasteiger partial charge in [-0.2, -0.15) is 0 Å². The molecule has 1 N–H and O–H groups in total. The molecule has 3 atom stereocenters. The number of carbonyl (C=O) groups excluding carboxylic acids is 2. The first kappa shape index (κ1) is 23.9. The molecule has 2 rings (SSSR count). The minimum absolute atomic E-state index is 0.00850. The predicted octanol–water partition coefficient (Wildman–Crippen LogP) is 3.56. The molecule has 5 nitrogen and oxygen atoms in total. The van der Waals surface area contributed by atoms with Crippen LogP contribution in [-0.4, -0.2) is 61.4 Å². The van der Waals surface area contributed by atoms with Gasteiger partial charge in [0, 0.05) is 45.6 Å². The molecule has 0 aromatic heterocycles. The van der Waals surface area contributed by atoms with E-state index in [1.54, 1.807) is 0 Å². The van der Waals surface area contributed by atoms with Crippen molar-refractivity contribution in [3.63, 3.8) is 0 Å². The Balaban J connectivity index is 1.97. The Labute approximate surface area is 178 Å². The average molecular weight is 406 g/mol. The summed E-state index contributed by atoms with van der Waals surface area (Å²) >= 11 is 0. The highest BCUT2D eigenvalue weighted by Gasteiger charge is 2.34. The van der Waals surface area contributed by atoms with Gasteiger partial charge in [-0.3, -0.25) is 9.59 Å². The summed E-state index contributed by atoms with van der Waals surface area (Å²) < 4.78 is 0. The molecule has 0 spiro atoms. The number of rotatable bonds is 6. The summed E-state index contributed by atoms with van der Waals surface area (Å²) in [5.74, 6) is 2.16. The fraction of sp³-hybridized carbons (Fsp3) is 0.833. The summed E-state index contributed by atoms with van der Waals surface area (Å²) in [6.07, 6.45) is 4.56. The van der Waals surface area contributed by atoms with Crippen LogP contribution in [0, 0.1) is 29.1 Å². The molecule has 0 aromatic rings. The van der Waals surface area contributed by atoms with Crippen LogP contribution in [0.1, 0.15) is 60.8 Å². The maximum Gasteiger partial charge on any atom is 0.223 e. The Kier molecular flexibility index (Phi) is 8.33. The summed E-state index contributed by atoms with van der Waals surface area (Å²) in [5.41, 5.74) is 1.33. The lowest BCUT2D eigenvalue weighted by Gasteiger charge is -2.38. The van der Waals surface area contributed by atoms with E-state index in [-0.39, 0.29) is 11.3 Å². The van der Waals surface area contributed by atoms with E-state index in [0.29, 0.717) is 49.0 Å². The van der Waals surface area contributed by atoms with Crippen LogP contribution in [0.5, 0.6) is 0 Å². The quantitative estimate of drug-likeness (QED) is 0.688. The van der Waals surface area contributed by atoms with Gasteiger partial charge in [-0.05, 0) is 49.5 Å². The van der Waals surface area contributed by atoms with Crippen molar-refractivity contribution >= 4 is 11.8 Å². The van der Waals surface area contributed by atoms with Crippen molar-refractivity contribution in [2.75, 3.05) is 39.8 Å². The lowest BCUT2D eigenvalue weighted by Crippen LogP contribution is -2.47. The molecule has 1 fully saturated rings. The van der Waals surface area contributed by atoms with Gasteiger partial charge in [0.2, 0.25) is 11.8 Å². The van der Waals surface area contributed by atoms with E-state index in [1.807, 2.05) is 4.90 Å². The van der Waals surface area contributed by atoms with Crippen LogP contribution in [0.4, 0.5) is 0 Å². The third-order valence-electron chi connectivity index (χ3n) is 6.59. The second kappa shape index (κ2) is 10.1. The average Bonchev–Trinajstić information content (AvgIpc) is 2.60. The normalized spacial score (nSPS) is 26.4. The molecular formula is C24H43N3O2. The number of piperazine rings is 1. The number of nitrogens with one attached hydrogen (secondary N) is 1.